The van der Waals surface area contributed by atoms with Gasteiger partial charge in [-0.25, -0.2) is 0 Å². The van der Waals surface area contributed by atoms with Crippen LogP contribution < -0.4 is 14.2 Å². The maximum Gasteiger partial charge on any atom is 0.203 e. The number of benzene rings is 2. The van der Waals surface area contributed by atoms with E-state index in [0.717, 1.165) is 5.56 Å². The molecular formula is C18H19NO3. The van der Waals surface area contributed by atoms with Crippen molar-refractivity contribution in [2.75, 3.05) is 20.8 Å². The number of ether oxygens (including phenoxy) is 3. The fraction of sp³-hybridized carbons (Fsp3) is 0.278. The van der Waals surface area contributed by atoms with Gasteiger partial charge in [-0.05, 0) is 17.7 Å². The Bertz CT molecular complexity index is 635. The van der Waals surface area contributed by atoms with Gasteiger partial charge in [0.15, 0.2) is 11.5 Å². The minimum absolute atomic E-state index is 0.183. The molecule has 0 bridgehead atoms. The maximum absolute atomic E-state index is 9.31. The summed E-state index contributed by atoms with van der Waals surface area (Å²) >= 11 is 0. The summed E-state index contributed by atoms with van der Waals surface area (Å²) in [6.45, 7) is 0.427. The molecule has 1 unspecified atom stereocenters. The molecule has 2 rings (SSSR count). The Morgan fingerprint density at radius 3 is 2.32 bits per heavy atom. The fourth-order valence-corrected chi connectivity index (χ4v) is 2.25. The molecule has 0 spiro atoms. The van der Waals surface area contributed by atoms with Crippen LogP contribution in [0.25, 0.3) is 0 Å². The van der Waals surface area contributed by atoms with Gasteiger partial charge in [0.1, 0.15) is 0 Å². The molecule has 0 fully saturated rings. The maximum atomic E-state index is 9.31. The zero-order chi connectivity index (χ0) is 15.8. The predicted molar refractivity (Wildman–Crippen MR) is 84.5 cm³/mol. The fourth-order valence-electron chi connectivity index (χ4n) is 2.25. The van der Waals surface area contributed by atoms with E-state index in [-0.39, 0.29) is 5.92 Å². The van der Waals surface area contributed by atoms with Gasteiger partial charge in [-0.2, -0.15) is 5.26 Å². The molecule has 0 aliphatic rings. The molecule has 2 aromatic carbocycles. The molecule has 0 heterocycles. The molecule has 0 amide bonds. The normalized spacial score (nSPS) is 11.3. The zero-order valence-electron chi connectivity index (χ0n) is 12.8. The lowest BCUT2D eigenvalue weighted by molar-refractivity contribution is 0.277. The van der Waals surface area contributed by atoms with Crippen LogP contribution in [0.5, 0.6) is 17.2 Å². The van der Waals surface area contributed by atoms with Crippen molar-refractivity contribution in [3.63, 3.8) is 0 Å². The SMILES string of the molecule is COc1cccc(OCCC(C#N)c2ccccc2)c1OC. The molecule has 0 aliphatic carbocycles. The first-order valence-electron chi connectivity index (χ1n) is 7.08. The molecule has 0 aromatic heterocycles. The third-order valence-corrected chi connectivity index (χ3v) is 3.39. The van der Waals surface area contributed by atoms with Gasteiger partial charge in [-0.3, -0.25) is 0 Å². The van der Waals surface area contributed by atoms with Gasteiger partial charge in [0.05, 0.1) is 32.8 Å². The first kappa shape index (κ1) is 15.7. The van der Waals surface area contributed by atoms with E-state index in [2.05, 4.69) is 6.07 Å². The molecule has 4 nitrogen and oxygen atoms in total. The van der Waals surface area contributed by atoms with Gasteiger partial charge in [0.25, 0.3) is 0 Å². The van der Waals surface area contributed by atoms with Crippen LogP contribution in [0, 0.1) is 11.3 Å². The summed E-state index contributed by atoms with van der Waals surface area (Å²) in [5.74, 6) is 1.63. The van der Waals surface area contributed by atoms with Crippen LogP contribution in [0.3, 0.4) is 0 Å². The van der Waals surface area contributed by atoms with Crippen molar-refractivity contribution < 1.29 is 14.2 Å². The second-order valence-corrected chi connectivity index (χ2v) is 4.72. The molecular weight excluding hydrogens is 278 g/mol. The van der Waals surface area contributed by atoms with Crippen molar-refractivity contribution >= 4 is 0 Å². The number of nitriles is 1. The van der Waals surface area contributed by atoms with E-state index in [0.29, 0.717) is 30.3 Å². The number of nitrogens with zero attached hydrogens (tertiary/aromatic N) is 1. The smallest absolute Gasteiger partial charge is 0.203 e. The lowest BCUT2D eigenvalue weighted by atomic mass is 9.98. The minimum Gasteiger partial charge on any atom is -0.493 e. The molecule has 114 valence electrons. The van der Waals surface area contributed by atoms with Crippen molar-refractivity contribution in [1.82, 2.24) is 0 Å². The highest BCUT2D eigenvalue weighted by Crippen LogP contribution is 2.36. The molecule has 0 saturated carbocycles. The highest BCUT2D eigenvalue weighted by atomic mass is 16.5. The second kappa shape index (κ2) is 7.94. The van der Waals surface area contributed by atoms with Gasteiger partial charge >= 0.3 is 0 Å². The van der Waals surface area contributed by atoms with Crippen LogP contribution in [0.15, 0.2) is 48.5 Å². The van der Waals surface area contributed by atoms with Gasteiger partial charge in [-0.1, -0.05) is 36.4 Å². The van der Waals surface area contributed by atoms with E-state index < -0.39 is 0 Å². The van der Waals surface area contributed by atoms with Gasteiger partial charge < -0.3 is 14.2 Å². The minimum atomic E-state index is -0.183. The molecule has 22 heavy (non-hydrogen) atoms. The molecule has 0 N–H and O–H groups in total. The third kappa shape index (κ3) is 3.70. The Labute approximate surface area is 130 Å². The van der Waals surface area contributed by atoms with E-state index >= 15 is 0 Å². The van der Waals surface area contributed by atoms with Crippen LogP contribution in [-0.2, 0) is 0 Å². The lowest BCUT2D eigenvalue weighted by Crippen LogP contribution is -2.05. The summed E-state index contributed by atoms with van der Waals surface area (Å²) < 4.78 is 16.3. The molecule has 4 heteroatoms. The summed E-state index contributed by atoms with van der Waals surface area (Å²) in [6, 6.07) is 17.5. The number of hydrogen-bond donors (Lipinski definition) is 0. The van der Waals surface area contributed by atoms with Crippen LogP contribution in [0.1, 0.15) is 17.9 Å². The summed E-state index contributed by atoms with van der Waals surface area (Å²) in [5, 5.41) is 9.31. The summed E-state index contributed by atoms with van der Waals surface area (Å²) in [4.78, 5) is 0. The van der Waals surface area contributed by atoms with Gasteiger partial charge in [0.2, 0.25) is 5.75 Å². The second-order valence-electron chi connectivity index (χ2n) is 4.72. The highest BCUT2D eigenvalue weighted by Gasteiger charge is 2.13. The predicted octanol–water partition coefficient (Wildman–Crippen LogP) is 3.78. The van der Waals surface area contributed by atoms with Crippen molar-refractivity contribution in [1.29, 1.82) is 5.26 Å². The van der Waals surface area contributed by atoms with E-state index in [1.54, 1.807) is 14.2 Å². The third-order valence-electron chi connectivity index (χ3n) is 3.39. The van der Waals surface area contributed by atoms with Crippen LogP contribution in [0.2, 0.25) is 0 Å². The average molecular weight is 297 g/mol. The summed E-state index contributed by atoms with van der Waals surface area (Å²) in [6.07, 6.45) is 0.612. The van der Waals surface area contributed by atoms with E-state index in [1.807, 2.05) is 48.5 Å². The van der Waals surface area contributed by atoms with E-state index in [4.69, 9.17) is 14.2 Å². The lowest BCUT2D eigenvalue weighted by Gasteiger charge is -2.14. The van der Waals surface area contributed by atoms with Gasteiger partial charge in [-0.15, -0.1) is 0 Å². The molecule has 2 aromatic rings. The standard InChI is InChI=1S/C18H19NO3/c1-20-16-9-6-10-17(18(16)21-2)22-12-11-15(13-19)14-7-4-3-5-8-14/h3-10,15H,11-12H2,1-2H3. The summed E-state index contributed by atoms with van der Waals surface area (Å²) in [5.41, 5.74) is 1.01. The quantitative estimate of drug-likeness (QED) is 0.780. The van der Waals surface area contributed by atoms with Crippen molar-refractivity contribution in [2.45, 2.75) is 12.3 Å². The molecule has 0 radical (unpaired) electrons. The van der Waals surface area contributed by atoms with E-state index in [1.165, 1.54) is 0 Å². The Hall–Kier alpha value is -2.67. The van der Waals surface area contributed by atoms with E-state index in [9.17, 15) is 5.26 Å². The monoisotopic (exact) mass is 297 g/mol. The largest absolute Gasteiger partial charge is 0.493 e. The van der Waals surface area contributed by atoms with Gasteiger partial charge in [0, 0.05) is 6.42 Å². The number of hydrogen-bond acceptors (Lipinski definition) is 4. The average Bonchev–Trinajstić information content (AvgIpc) is 2.59. The Morgan fingerprint density at radius 1 is 0.955 bits per heavy atom. The van der Waals surface area contributed by atoms with Crippen molar-refractivity contribution in [3.05, 3.63) is 54.1 Å². The molecule has 1 atom stereocenters. The Morgan fingerprint density at radius 2 is 1.68 bits per heavy atom. The Kier molecular flexibility index (Phi) is 5.67. The first-order chi connectivity index (χ1) is 10.8. The number of methoxy groups -OCH3 is 2. The van der Waals surface area contributed by atoms with Crippen LogP contribution in [0.4, 0.5) is 0 Å². The summed E-state index contributed by atoms with van der Waals surface area (Å²) in [7, 11) is 3.16. The topological polar surface area (TPSA) is 51.5 Å². The van der Waals surface area contributed by atoms with Crippen LogP contribution >= 0.6 is 0 Å². The first-order valence-corrected chi connectivity index (χ1v) is 7.08. The zero-order valence-corrected chi connectivity index (χ0v) is 12.8. The van der Waals surface area contributed by atoms with Crippen molar-refractivity contribution in [2.24, 2.45) is 0 Å². The molecule has 0 saturated heterocycles. The Balaban J connectivity index is 2.00. The van der Waals surface area contributed by atoms with Crippen LogP contribution in [-0.4, -0.2) is 20.8 Å². The molecule has 0 aliphatic heterocycles. The highest BCUT2D eigenvalue weighted by molar-refractivity contribution is 5.51. The number of para-hydroxylation sites is 1. The number of rotatable bonds is 7. The van der Waals surface area contributed by atoms with Crippen molar-refractivity contribution in [3.8, 4) is 23.3 Å².